The topological polar surface area (TPSA) is 61.6 Å². The van der Waals surface area contributed by atoms with Crippen molar-refractivity contribution in [2.75, 3.05) is 13.2 Å². The number of benzene rings is 2. The molecule has 0 aliphatic rings. The first-order valence-electron chi connectivity index (χ1n) is 6.74. The number of ether oxygens (including phenoxy) is 2. The molecule has 0 saturated heterocycles. The van der Waals surface area contributed by atoms with Crippen LogP contribution in [-0.4, -0.2) is 18.1 Å². The molecular weight excluding hydrogens is 289 g/mol. The Morgan fingerprint density at radius 3 is 2.36 bits per heavy atom. The lowest BCUT2D eigenvalue weighted by atomic mass is 10.1. The molecule has 0 N–H and O–H groups in total. The number of halogens is 1. The molecule has 0 aliphatic carbocycles. The molecule has 0 heterocycles. The van der Waals surface area contributed by atoms with Crippen molar-refractivity contribution in [2.45, 2.75) is 13.8 Å². The number of nitrogens with zero attached hydrogens (tertiary/aromatic N) is 1. The second-order valence-electron chi connectivity index (χ2n) is 4.84. The quantitative estimate of drug-likeness (QED) is 0.462. The van der Waals surface area contributed by atoms with Crippen LogP contribution in [-0.2, 0) is 0 Å². The minimum atomic E-state index is -0.763. The molecule has 0 spiro atoms. The summed E-state index contributed by atoms with van der Waals surface area (Å²) in [5.41, 5.74) is 1.78. The monoisotopic (exact) mass is 305 g/mol. The molecule has 0 aromatic heterocycles. The lowest BCUT2D eigenvalue weighted by Gasteiger charge is -2.11. The smallest absolute Gasteiger partial charge is 0.272 e. The summed E-state index contributed by atoms with van der Waals surface area (Å²) in [6, 6.07) is 9.14. The fourth-order valence-electron chi connectivity index (χ4n) is 1.89. The zero-order valence-corrected chi connectivity index (χ0v) is 12.3. The van der Waals surface area contributed by atoms with E-state index >= 15 is 0 Å². The first kappa shape index (κ1) is 15.8. The minimum Gasteiger partial charge on any atom is -0.490 e. The Morgan fingerprint density at radius 2 is 1.73 bits per heavy atom. The number of aryl methyl sites for hydroxylation is 2. The zero-order valence-electron chi connectivity index (χ0n) is 12.3. The molecule has 6 heteroatoms. The molecule has 22 heavy (non-hydrogen) atoms. The molecule has 0 aliphatic heterocycles. The first-order valence-corrected chi connectivity index (χ1v) is 6.74. The summed E-state index contributed by atoms with van der Waals surface area (Å²) in [6.07, 6.45) is 0. The summed E-state index contributed by atoms with van der Waals surface area (Å²) in [4.78, 5) is 9.86. The van der Waals surface area contributed by atoms with E-state index in [4.69, 9.17) is 9.47 Å². The average molecular weight is 305 g/mol. The van der Waals surface area contributed by atoms with Gasteiger partial charge >= 0.3 is 0 Å². The van der Waals surface area contributed by atoms with E-state index in [1.807, 2.05) is 32.0 Å². The van der Waals surface area contributed by atoms with E-state index in [1.54, 1.807) is 0 Å². The molecule has 0 radical (unpaired) electrons. The Bertz CT molecular complexity index is 688. The van der Waals surface area contributed by atoms with Gasteiger partial charge in [-0.1, -0.05) is 12.1 Å². The highest BCUT2D eigenvalue weighted by Gasteiger charge is 2.11. The van der Waals surface area contributed by atoms with Gasteiger partial charge in [-0.25, -0.2) is 4.39 Å². The lowest BCUT2D eigenvalue weighted by molar-refractivity contribution is -0.385. The Labute approximate surface area is 127 Å². The predicted molar refractivity (Wildman–Crippen MR) is 80.0 cm³/mol. The summed E-state index contributed by atoms with van der Waals surface area (Å²) in [5, 5.41) is 10.5. The van der Waals surface area contributed by atoms with E-state index in [9.17, 15) is 14.5 Å². The molecule has 0 unspecified atom stereocenters. The lowest BCUT2D eigenvalue weighted by Crippen LogP contribution is -2.10. The van der Waals surface area contributed by atoms with Crippen molar-refractivity contribution < 1.29 is 18.8 Å². The predicted octanol–water partition coefficient (Wildman–Crippen LogP) is 3.81. The molecule has 2 aromatic carbocycles. The fraction of sp³-hybridized carbons (Fsp3) is 0.250. The maximum absolute atomic E-state index is 13.6. The normalized spacial score (nSPS) is 10.3. The van der Waals surface area contributed by atoms with Gasteiger partial charge in [0.05, 0.1) is 11.0 Å². The van der Waals surface area contributed by atoms with E-state index in [-0.39, 0.29) is 24.7 Å². The second kappa shape index (κ2) is 6.89. The SMILES string of the molecule is Cc1ccc(C)c(OCCOc2ccc([N+](=O)[O-])cc2F)c1. The summed E-state index contributed by atoms with van der Waals surface area (Å²) >= 11 is 0. The van der Waals surface area contributed by atoms with Gasteiger partial charge in [-0.15, -0.1) is 0 Å². The Hall–Kier alpha value is -2.63. The van der Waals surface area contributed by atoms with Gasteiger partial charge in [-0.2, -0.15) is 0 Å². The molecule has 0 bridgehead atoms. The van der Waals surface area contributed by atoms with Gasteiger partial charge in [-0.05, 0) is 37.1 Å². The molecule has 0 saturated carbocycles. The Balaban J connectivity index is 1.89. The number of hydrogen-bond donors (Lipinski definition) is 0. The van der Waals surface area contributed by atoms with Crippen LogP contribution in [0.2, 0.25) is 0 Å². The summed E-state index contributed by atoms with van der Waals surface area (Å²) in [6.45, 7) is 4.30. The summed E-state index contributed by atoms with van der Waals surface area (Å²) < 4.78 is 24.4. The van der Waals surface area contributed by atoms with E-state index in [2.05, 4.69) is 0 Å². The minimum absolute atomic E-state index is 0.0323. The van der Waals surface area contributed by atoms with Gasteiger partial charge in [0.25, 0.3) is 5.69 Å². The highest BCUT2D eigenvalue weighted by Crippen LogP contribution is 2.23. The van der Waals surface area contributed by atoms with Crippen LogP contribution in [0.5, 0.6) is 11.5 Å². The van der Waals surface area contributed by atoms with E-state index in [0.29, 0.717) is 0 Å². The van der Waals surface area contributed by atoms with Gasteiger partial charge in [0.1, 0.15) is 19.0 Å². The molecule has 0 amide bonds. The van der Waals surface area contributed by atoms with E-state index in [0.717, 1.165) is 22.9 Å². The maximum Gasteiger partial charge on any atom is 0.272 e. The van der Waals surface area contributed by atoms with Crippen LogP contribution in [0.3, 0.4) is 0 Å². The number of non-ortho nitro benzene ring substituents is 1. The van der Waals surface area contributed by atoms with Crippen LogP contribution in [0, 0.1) is 29.8 Å². The van der Waals surface area contributed by atoms with Gasteiger partial charge in [0.15, 0.2) is 11.6 Å². The molecular formula is C16H16FNO4. The van der Waals surface area contributed by atoms with Crippen LogP contribution in [0.25, 0.3) is 0 Å². The van der Waals surface area contributed by atoms with Crippen molar-refractivity contribution in [3.05, 3.63) is 63.5 Å². The van der Waals surface area contributed by atoms with Crippen molar-refractivity contribution in [2.24, 2.45) is 0 Å². The third-order valence-corrected chi connectivity index (χ3v) is 3.07. The van der Waals surface area contributed by atoms with Gasteiger partial charge in [-0.3, -0.25) is 10.1 Å². The van der Waals surface area contributed by atoms with Crippen molar-refractivity contribution in [3.63, 3.8) is 0 Å². The zero-order chi connectivity index (χ0) is 16.1. The summed E-state index contributed by atoms with van der Waals surface area (Å²) in [5.74, 6) is -0.0381. The molecule has 0 fully saturated rings. The standard InChI is InChI=1S/C16H16FNO4/c1-11-3-4-12(2)16(9-11)22-8-7-21-15-6-5-13(18(19)20)10-14(15)17/h3-6,9-10H,7-8H2,1-2H3. The van der Waals surface area contributed by atoms with Gasteiger partial charge < -0.3 is 9.47 Å². The van der Waals surface area contributed by atoms with Crippen LogP contribution in [0.4, 0.5) is 10.1 Å². The number of rotatable bonds is 6. The highest BCUT2D eigenvalue weighted by atomic mass is 19.1. The Morgan fingerprint density at radius 1 is 1.05 bits per heavy atom. The van der Waals surface area contributed by atoms with Crippen molar-refractivity contribution >= 4 is 5.69 Å². The van der Waals surface area contributed by atoms with E-state index in [1.165, 1.54) is 12.1 Å². The Kier molecular flexibility index (Phi) is 4.93. The molecule has 2 rings (SSSR count). The van der Waals surface area contributed by atoms with Gasteiger partial charge in [0, 0.05) is 6.07 Å². The van der Waals surface area contributed by atoms with Crippen molar-refractivity contribution in [1.82, 2.24) is 0 Å². The molecule has 5 nitrogen and oxygen atoms in total. The molecule has 2 aromatic rings. The van der Waals surface area contributed by atoms with Crippen LogP contribution >= 0.6 is 0 Å². The van der Waals surface area contributed by atoms with Crippen molar-refractivity contribution in [1.29, 1.82) is 0 Å². The van der Waals surface area contributed by atoms with Crippen LogP contribution in [0.1, 0.15) is 11.1 Å². The molecule has 116 valence electrons. The van der Waals surface area contributed by atoms with Crippen LogP contribution < -0.4 is 9.47 Å². The largest absolute Gasteiger partial charge is 0.490 e. The molecule has 0 atom stereocenters. The second-order valence-corrected chi connectivity index (χ2v) is 4.84. The number of nitro benzene ring substituents is 1. The third kappa shape index (κ3) is 3.94. The highest BCUT2D eigenvalue weighted by molar-refractivity contribution is 5.38. The fourth-order valence-corrected chi connectivity index (χ4v) is 1.89. The summed E-state index contributed by atoms with van der Waals surface area (Å²) in [7, 11) is 0. The number of nitro groups is 1. The average Bonchev–Trinajstić information content (AvgIpc) is 2.48. The van der Waals surface area contributed by atoms with Crippen LogP contribution in [0.15, 0.2) is 36.4 Å². The maximum atomic E-state index is 13.6. The third-order valence-electron chi connectivity index (χ3n) is 3.07. The van der Waals surface area contributed by atoms with E-state index < -0.39 is 10.7 Å². The number of hydrogen-bond acceptors (Lipinski definition) is 4. The van der Waals surface area contributed by atoms with Gasteiger partial charge in [0.2, 0.25) is 0 Å². The first-order chi connectivity index (χ1) is 10.5. The van der Waals surface area contributed by atoms with Crippen molar-refractivity contribution in [3.8, 4) is 11.5 Å².